The molecule has 3 rings (SSSR count). The number of benzene rings is 1. The van der Waals surface area contributed by atoms with E-state index in [0.29, 0.717) is 34.6 Å². The van der Waals surface area contributed by atoms with E-state index in [1.165, 1.54) is 22.3 Å². The predicted octanol–water partition coefficient (Wildman–Crippen LogP) is 5.74. The first kappa shape index (κ1) is 24.8. The number of fused-ring (bicyclic) bond motifs is 1. The zero-order valence-electron chi connectivity index (χ0n) is 20.2. The number of amides is 1. The van der Waals surface area contributed by atoms with E-state index < -0.39 is 0 Å². The molecule has 1 aromatic heterocycles. The Labute approximate surface area is 199 Å². The first-order valence-corrected chi connectivity index (χ1v) is 12.0. The molecule has 6 nitrogen and oxygen atoms in total. The van der Waals surface area contributed by atoms with E-state index in [0.717, 1.165) is 30.4 Å². The van der Waals surface area contributed by atoms with Crippen LogP contribution < -0.4 is 14.8 Å². The van der Waals surface area contributed by atoms with Gasteiger partial charge in [-0.15, -0.1) is 11.3 Å². The monoisotopic (exact) mass is 471 g/mol. The van der Waals surface area contributed by atoms with Crippen molar-refractivity contribution in [1.82, 2.24) is 0 Å². The molecule has 1 amide bonds. The highest BCUT2D eigenvalue weighted by Crippen LogP contribution is 2.44. The number of nitrogens with one attached hydrogen (secondary N) is 1. The molecule has 1 aliphatic carbocycles. The molecule has 7 heteroatoms. The lowest BCUT2D eigenvalue weighted by Gasteiger charge is -2.33. The Morgan fingerprint density at radius 3 is 2.55 bits per heavy atom. The van der Waals surface area contributed by atoms with Crippen LogP contribution in [0, 0.1) is 11.3 Å². The highest BCUT2D eigenvalue weighted by Gasteiger charge is 2.34. The Hall–Kier alpha value is -2.80. The first-order valence-electron chi connectivity index (χ1n) is 11.2. The molecule has 1 atom stereocenters. The van der Waals surface area contributed by atoms with Gasteiger partial charge in [-0.1, -0.05) is 26.8 Å². The van der Waals surface area contributed by atoms with Crippen LogP contribution >= 0.6 is 11.3 Å². The zero-order valence-corrected chi connectivity index (χ0v) is 21.1. The molecule has 1 aliphatic rings. The Kier molecular flexibility index (Phi) is 7.84. The maximum atomic E-state index is 12.8. The van der Waals surface area contributed by atoms with E-state index in [2.05, 4.69) is 26.1 Å². The molecule has 0 unspecified atom stereocenters. The van der Waals surface area contributed by atoms with Gasteiger partial charge in [0.2, 0.25) is 5.91 Å². The van der Waals surface area contributed by atoms with Crippen LogP contribution in [0.15, 0.2) is 24.3 Å². The summed E-state index contributed by atoms with van der Waals surface area (Å²) < 4.78 is 15.9. The Morgan fingerprint density at radius 2 is 1.91 bits per heavy atom. The standard InChI is InChI=1S/C26H33NO5S/c1-7-32-25(29)23-18-11-10-17(26(2,3)4)15-21(18)33-24(23)27-22(28)13-9-16-8-12-19(30-5)20(14-16)31-6/h8-9,12-14,17H,7,10-11,15H2,1-6H3,(H,27,28)/b13-9+/t17-/m1/s1. The first-order chi connectivity index (χ1) is 15.7. The largest absolute Gasteiger partial charge is 0.493 e. The van der Waals surface area contributed by atoms with Crippen molar-refractivity contribution in [1.29, 1.82) is 0 Å². The van der Waals surface area contributed by atoms with Crippen molar-refractivity contribution in [2.45, 2.75) is 47.0 Å². The summed E-state index contributed by atoms with van der Waals surface area (Å²) >= 11 is 1.49. The minimum Gasteiger partial charge on any atom is -0.493 e. The van der Waals surface area contributed by atoms with Gasteiger partial charge in [0.15, 0.2) is 11.5 Å². The van der Waals surface area contributed by atoms with Crippen LogP contribution in [0.25, 0.3) is 6.08 Å². The number of carbonyl (C=O) groups excluding carboxylic acids is 2. The van der Waals surface area contributed by atoms with E-state index in [-0.39, 0.29) is 17.3 Å². The smallest absolute Gasteiger partial charge is 0.341 e. The van der Waals surface area contributed by atoms with Crippen LogP contribution in [0.1, 0.15) is 60.5 Å². The second-order valence-corrected chi connectivity index (χ2v) is 10.3. The summed E-state index contributed by atoms with van der Waals surface area (Å²) in [5.41, 5.74) is 2.53. The fourth-order valence-electron chi connectivity index (χ4n) is 4.11. The zero-order chi connectivity index (χ0) is 24.2. The van der Waals surface area contributed by atoms with Crippen molar-refractivity contribution < 1.29 is 23.8 Å². The summed E-state index contributed by atoms with van der Waals surface area (Å²) in [5, 5.41) is 3.48. The Morgan fingerprint density at radius 1 is 1.18 bits per heavy atom. The summed E-state index contributed by atoms with van der Waals surface area (Å²) in [6.07, 6.45) is 5.90. The van der Waals surface area contributed by atoms with Crippen LogP contribution in [-0.2, 0) is 22.4 Å². The average Bonchev–Trinajstić information content (AvgIpc) is 3.14. The van der Waals surface area contributed by atoms with Gasteiger partial charge in [-0.2, -0.15) is 0 Å². The van der Waals surface area contributed by atoms with Gasteiger partial charge in [0.25, 0.3) is 0 Å². The van der Waals surface area contributed by atoms with Gasteiger partial charge in [-0.3, -0.25) is 4.79 Å². The molecule has 2 aromatic rings. The fraction of sp³-hybridized carbons (Fsp3) is 0.462. The Balaban J connectivity index is 1.84. The third-order valence-electron chi connectivity index (χ3n) is 6.04. The molecule has 1 heterocycles. The predicted molar refractivity (Wildman–Crippen MR) is 132 cm³/mol. The molecule has 1 aromatic carbocycles. The molecule has 33 heavy (non-hydrogen) atoms. The molecule has 1 N–H and O–H groups in total. The van der Waals surface area contributed by atoms with Crippen LogP contribution in [-0.4, -0.2) is 32.7 Å². The van der Waals surface area contributed by atoms with E-state index in [9.17, 15) is 9.59 Å². The van der Waals surface area contributed by atoms with E-state index in [4.69, 9.17) is 14.2 Å². The number of anilines is 1. The van der Waals surface area contributed by atoms with Gasteiger partial charge in [-0.05, 0) is 66.9 Å². The van der Waals surface area contributed by atoms with Crippen molar-refractivity contribution in [3.63, 3.8) is 0 Å². The van der Waals surface area contributed by atoms with Crippen molar-refractivity contribution in [3.8, 4) is 11.5 Å². The minimum absolute atomic E-state index is 0.192. The van der Waals surface area contributed by atoms with E-state index in [1.54, 1.807) is 39.4 Å². The molecule has 0 aliphatic heterocycles. The quantitative estimate of drug-likeness (QED) is 0.411. The van der Waals surface area contributed by atoms with Gasteiger partial charge in [-0.25, -0.2) is 4.79 Å². The van der Waals surface area contributed by atoms with Crippen LogP contribution in [0.3, 0.4) is 0 Å². The van der Waals surface area contributed by atoms with Crippen molar-refractivity contribution >= 4 is 34.3 Å². The summed E-state index contributed by atoms with van der Waals surface area (Å²) in [5.74, 6) is 1.07. The lowest BCUT2D eigenvalue weighted by atomic mass is 9.72. The maximum absolute atomic E-state index is 12.8. The molecule has 0 spiro atoms. The molecule has 0 radical (unpaired) electrons. The second-order valence-electron chi connectivity index (χ2n) is 9.17. The van der Waals surface area contributed by atoms with Crippen LogP contribution in [0.5, 0.6) is 11.5 Å². The number of hydrogen-bond donors (Lipinski definition) is 1. The van der Waals surface area contributed by atoms with Crippen molar-refractivity contribution in [3.05, 3.63) is 45.8 Å². The third-order valence-corrected chi connectivity index (χ3v) is 7.21. The van der Waals surface area contributed by atoms with Gasteiger partial charge >= 0.3 is 5.97 Å². The van der Waals surface area contributed by atoms with Crippen molar-refractivity contribution in [2.24, 2.45) is 11.3 Å². The summed E-state index contributed by atoms with van der Waals surface area (Å²) in [6.45, 7) is 8.84. The molecular weight excluding hydrogens is 438 g/mol. The van der Waals surface area contributed by atoms with Gasteiger partial charge < -0.3 is 19.5 Å². The number of hydrogen-bond acceptors (Lipinski definition) is 6. The molecule has 0 saturated heterocycles. The normalized spacial score (nSPS) is 15.8. The van der Waals surface area contributed by atoms with E-state index >= 15 is 0 Å². The number of carbonyl (C=O) groups is 2. The van der Waals surface area contributed by atoms with E-state index in [1.807, 2.05) is 6.07 Å². The minimum atomic E-state index is -0.372. The fourth-order valence-corrected chi connectivity index (χ4v) is 5.43. The van der Waals surface area contributed by atoms with Gasteiger partial charge in [0, 0.05) is 11.0 Å². The molecule has 0 fully saturated rings. The van der Waals surface area contributed by atoms with Gasteiger partial charge in [0.05, 0.1) is 26.4 Å². The van der Waals surface area contributed by atoms with Crippen molar-refractivity contribution in [2.75, 3.05) is 26.1 Å². The van der Waals surface area contributed by atoms with Crippen LogP contribution in [0.4, 0.5) is 5.00 Å². The highest BCUT2D eigenvalue weighted by atomic mass is 32.1. The van der Waals surface area contributed by atoms with Gasteiger partial charge in [0.1, 0.15) is 5.00 Å². The lowest BCUT2D eigenvalue weighted by molar-refractivity contribution is -0.111. The number of thiophene rings is 1. The topological polar surface area (TPSA) is 73.9 Å². The Bertz CT molecular complexity index is 1050. The second kappa shape index (κ2) is 10.4. The maximum Gasteiger partial charge on any atom is 0.341 e. The average molecular weight is 472 g/mol. The number of esters is 1. The number of rotatable bonds is 7. The summed E-state index contributed by atoms with van der Waals surface area (Å²) in [6, 6.07) is 5.42. The highest BCUT2D eigenvalue weighted by molar-refractivity contribution is 7.17. The SMILES string of the molecule is CCOC(=O)c1c(NC(=O)/C=C/c2ccc(OC)c(OC)c2)sc2c1CC[C@@H](C(C)(C)C)C2. The molecule has 0 bridgehead atoms. The summed E-state index contributed by atoms with van der Waals surface area (Å²) in [4.78, 5) is 26.7. The third kappa shape index (κ3) is 5.77. The molecule has 0 saturated carbocycles. The number of methoxy groups -OCH3 is 2. The van der Waals surface area contributed by atoms with Crippen LogP contribution in [0.2, 0.25) is 0 Å². The molecule has 178 valence electrons. The molecular formula is C26H33NO5S. The summed E-state index contributed by atoms with van der Waals surface area (Å²) in [7, 11) is 3.14. The lowest BCUT2D eigenvalue weighted by Crippen LogP contribution is -2.26. The number of ether oxygens (including phenoxy) is 3.